The molecule has 0 bridgehead atoms. The van der Waals surface area contributed by atoms with Crippen LogP contribution >= 0.6 is 0 Å². The van der Waals surface area contributed by atoms with E-state index in [0.717, 1.165) is 79.5 Å². The Morgan fingerprint density at radius 1 is 0.648 bits per heavy atom. The summed E-state index contributed by atoms with van der Waals surface area (Å²) in [7, 11) is 0. The number of allylic oxidation sites excluding steroid dienone is 2. The Kier molecular flexibility index (Phi) is 8.50. The third kappa shape index (κ3) is 6.00. The van der Waals surface area contributed by atoms with Gasteiger partial charge in [-0.15, -0.1) is 0 Å². The molecular weight excluding hydrogens is 661 g/mol. The largest absolute Gasteiger partial charge is 0.457 e. The molecule has 5 nitrogen and oxygen atoms in total. The van der Waals surface area contributed by atoms with Crippen molar-refractivity contribution in [2.45, 2.75) is 47.0 Å². The molecule has 0 saturated heterocycles. The van der Waals surface area contributed by atoms with E-state index < -0.39 is 0 Å². The van der Waals surface area contributed by atoms with Gasteiger partial charge in [0.2, 0.25) is 0 Å². The fourth-order valence-electron chi connectivity index (χ4n) is 8.85. The molecule has 1 unspecified atom stereocenters. The molecule has 0 aliphatic heterocycles. The highest BCUT2D eigenvalue weighted by Crippen LogP contribution is 2.48. The minimum atomic E-state index is 0.238. The van der Waals surface area contributed by atoms with Gasteiger partial charge >= 0.3 is 0 Å². The standard InChI is InChI=1S/C49H44N4O/c1-31-22-23-50-45(28-31)52-43-19-13-12-18-41(43)42-21-20-39(30-44(42)52)54-40-27-33(3)26-38(29-40)53-49(37-16-10-7-11-17-37)47(46-34(4)24-32(2)25-35(46)5)48(51-53)36-14-8-6-9-15-36/h6-24,26-30,32,35,46H,25H2,1-5H3/t32?,35-,46+/m0/s1. The number of hydrogen-bond donors (Lipinski definition) is 0. The highest BCUT2D eigenvalue weighted by Gasteiger charge is 2.34. The van der Waals surface area contributed by atoms with Crippen LogP contribution in [0.1, 0.15) is 49.8 Å². The number of nitrogens with zero attached hydrogens (tertiary/aromatic N) is 4. The van der Waals surface area contributed by atoms with Crippen LogP contribution in [0, 0.1) is 25.7 Å². The van der Waals surface area contributed by atoms with Crippen molar-refractivity contribution in [3.8, 4) is 45.5 Å². The average molecular weight is 705 g/mol. The van der Waals surface area contributed by atoms with Gasteiger partial charge in [0.1, 0.15) is 17.3 Å². The Morgan fingerprint density at radius 3 is 2.13 bits per heavy atom. The van der Waals surface area contributed by atoms with Gasteiger partial charge in [0.15, 0.2) is 0 Å². The summed E-state index contributed by atoms with van der Waals surface area (Å²) in [5.74, 6) is 3.66. The number of aromatic nitrogens is 4. The number of aryl methyl sites for hydroxylation is 2. The van der Waals surface area contributed by atoms with Crippen molar-refractivity contribution in [2.75, 3.05) is 0 Å². The maximum absolute atomic E-state index is 6.79. The fourth-order valence-corrected chi connectivity index (χ4v) is 8.85. The maximum atomic E-state index is 6.79. The third-order valence-electron chi connectivity index (χ3n) is 11.0. The molecule has 0 spiro atoms. The summed E-state index contributed by atoms with van der Waals surface area (Å²) in [5.41, 5.74) is 12.5. The van der Waals surface area contributed by atoms with E-state index in [9.17, 15) is 0 Å². The zero-order chi connectivity index (χ0) is 36.9. The van der Waals surface area contributed by atoms with Gasteiger partial charge in [-0.05, 0) is 92.6 Å². The summed E-state index contributed by atoms with van der Waals surface area (Å²) in [6.07, 6.45) is 5.48. The van der Waals surface area contributed by atoms with E-state index in [2.05, 4.69) is 177 Å². The molecule has 1 aliphatic carbocycles. The van der Waals surface area contributed by atoms with E-state index >= 15 is 0 Å². The summed E-state index contributed by atoms with van der Waals surface area (Å²) < 4.78 is 11.2. The summed E-state index contributed by atoms with van der Waals surface area (Å²) in [6.45, 7) is 11.3. The van der Waals surface area contributed by atoms with Gasteiger partial charge in [-0.1, -0.05) is 104 Å². The van der Waals surface area contributed by atoms with E-state index in [4.69, 9.17) is 14.8 Å². The van der Waals surface area contributed by atoms with Crippen LogP contribution in [-0.4, -0.2) is 19.3 Å². The lowest BCUT2D eigenvalue weighted by atomic mass is 9.71. The number of pyridine rings is 1. The lowest BCUT2D eigenvalue weighted by molar-refractivity contribution is 0.393. The molecule has 0 radical (unpaired) electrons. The number of hydrogen-bond acceptors (Lipinski definition) is 3. The van der Waals surface area contributed by atoms with Gasteiger partial charge in [0.25, 0.3) is 0 Å². The Hall–Kier alpha value is -6.20. The predicted molar refractivity (Wildman–Crippen MR) is 222 cm³/mol. The van der Waals surface area contributed by atoms with Crippen molar-refractivity contribution in [3.63, 3.8) is 0 Å². The third-order valence-corrected chi connectivity index (χ3v) is 11.0. The van der Waals surface area contributed by atoms with E-state index in [1.54, 1.807) is 0 Å². The van der Waals surface area contributed by atoms with Crippen molar-refractivity contribution in [1.29, 1.82) is 0 Å². The van der Waals surface area contributed by atoms with Crippen molar-refractivity contribution in [1.82, 2.24) is 19.3 Å². The molecule has 266 valence electrons. The fraction of sp³-hybridized carbons (Fsp3) is 0.184. The van der Waals surface area contributed by atoms with Crippen LogP contribution in [0.3, 0.4) is 0 Å². The molecule has 5 heteroatoms. The van der Waals surface area contributed by atoms with Crippen LogP contribution in [0.4, 0.5) is 0 Å². The molecule has 0 saturated carbocycles. The van der Waals surface area contributed by atoms with E-state index in [1.165, 1.54) is 16.5 Å². The summed E-state index contributed by atoms with van der Waals surface area (Å²) in [6, 6.07) is 46.9. The number of ether oxygens (including phenoxy) is 1. The highest BCUT2D eigenvalue weighted by molar-refractivity contribution is 6.09. The van der Waals surface area contributed by atoms with Crippen molar-refractivity contribution < 1.29 is 4.74 Å². The second-order valence-corrected chi connectivity index (χ2v) is 15.2. The maximum Gasteiger partial charge on any atom is 0.137 e. The molecular formula is C49H44N4O. The molecule has 0 N–H and O–H groups in total. The summed E-state index contributed by atoms with van der Waals surface area (Å²) in [4.78, 5) is 4.77. The first-order valence-electron chi connectivity index (χ1n) is 19.0. The van der Waals surface area contributed by atoms with Gasteiger partial charge in [-0.25, -0.2) is 9.67 Å². The SMILES string of the molecule is CC1=CC(C)C[C@H](C)[C@@H]1c1c(-c2ccccc2)nn(-c2cc(C)cc(Oc3ccc4c5ccccc5n(-c5cc(C)ccn5)c4c3)c2)c1-c1ccccc1. The first kappa shape index (κ1) is 33.6. The van der Waals surface area contributed by atoms with Crippen LogP contribution in [0.25, 0.3) is 55.8 Å². The second-order valence-electron chi connectivity index (χ2n) is 15.2. The number of fused-ring (bicyclic) bond motifs is 3. The lowest BCUT2D eigenvalue weighted by Crippen LogP contribution is -2.20. The van der Waals surface area contributed by atoms with Gasteiger partial charge in [-0.2, -0.15) is 5.10 Å². The topological polar surface area (TPSA) is 44.9 Å². The van der Waals surface area contributed by atoms with Gasteiger partial charge in [0, 0.05) is 51.7 Å². The Balaban J connectivity index is 1.21. The molecule has 3 aromatic heterocycles. The summed E-state index contributed by atoms with van der Waals surface area (Å²) >= 11 is 0. The van der Waals surface area contributed by atoms with Gasteiger partial charge < -0.3 is 4.74 Å². The minimum absolute atomic E-state index is 0.238. The smallest absolute Gasteiger partial charge is 0.137 e. The normalized spacial score (nSPS) is 17.2. The monoisotopic (exact) mass is 704 g/mol. The van der Waals surface area contributed by atoms with Crippen LogP contribution in [-0.2, 0) is 0 Å². The Morgan fingerprint density at radius 2 is 1.37 bits per heavy atom. The minimum Gasteiger partial charge on any atom is -0.457 e. The molecule has 3 atom stereocenters. The number of rotatable bonds is 7. The van der Waals surface area contributed by atoms with E-state index in [-0.39, 0.29) is 5.92 Å². The van der Waals surface area contributed by atoms with Gasteiger partial charge in [-0.3, -0.25) is 4.57 Å². The molecule has 5 aromatic carbocycles. The first-order chi connectivity index (χ1) is 26.3. The van der Waals surface area contributed by atoms with Crippen molar-refractivity contribution >= 4 is 21.8 Å². The van der Waals surface area contributed by atoms with Crippen LogP contribution in [0.15, 0.2) is 151 Å². The highest BCUT2D eigenvalue weighted by atomic mass is 16.5. The number of para-hydroxylation sites is 1. The van der Waals surface area contributed by atoms with Crippen molar-refractivity contribution in [3.05, 3.63) is 168 Å². The van der Waals surface area contributed by atoms with Crippen LogP contribution < -0.4 is 4.74 Å². The second kappa shape index (κ2) is 13.7. The molecule has 54 heavy (non-hydrogen) atoms. The Labute approximate surface area is 317 Å². The quantitative estimate of drug-likeness (QED) is 0.155. The average Bonchev–Trinajstić information content (AvgIpc) is 3.71. The lowest BCUT2D eigenvalue weighted by Gasteiger charge is -2.33. The van der Waals surface area contributed by atoms with Crippen LogP contribution in [0.5, 0.6) is 11.5 Å². The van der Waals surface area contributed by atoms with Crippen LogP contribution in [0.2, 0.25) is 0 Å². The van der Waals surface area contributed by atoms with E-state index in [1.807, 2.05) is 12.3 Å². The zero-order valence-electron chi connectivity index (χ0n) is 31.5. The summed E-state index contributed by atoms with van der Waals surface area (Å²) in [5, 5.41) is 7.86. The zero-order valence-corrected chi connectivity index (χ0v) is 31.5. The molecule has 1 aliphatic rings. The van der Waals surface area contributed by atoms with E-state index in [0.29, 0.717) is 11.8 Å². The molecule has 0 fully saturated rings. The Bertz CT molecular complexity index is 2680. The molecule has 9 rings (SSSR count). The molecule has 3 heterocycles. The van der Waals surface area contributed by atoms with Crippen molar-refractivity contribution in [2.24, 2.45) is 11.8 Å². The van der Waals surface area contributed by atoms with Gasteiger partial charge in [0.05, 0.1) is 28.1 Å². The number of benzene rings is 5. The molecule has 0 amide bonds. The molecule has 8 aromatic rings. The first-order valence-corrected chi connectivity index (χ1v) is 19.0. The predicted octanol–water partition coefficient (Wildman–Crippen LogP) is 12.8.